The first-order chi connectivity index (χ1) is 46.6. The third-order valence-electron chi connectivity index (χ3n) is 14.2. The molecular formula is C67H54Br2Cl5N15O8. The van der Waals surface area contributed by atoms with Crippen molar-refractivity contribution in [2.75, 3.05) is 78.3 Å². The van der Waals surface area contributed by atoms with E-state index in [9.17, 15) is 28.8 Å². The van der Waals surface area contributed by atoms with Crippen LogP contribution in [0.2, 0.25) is 25.1 Å². The van der Waals surface area contributed by atoms with Crippen LogP contribution in [0, 0.1) is 5.41 Å². The van der Waals surface area contributed by atoms with E-state index in [1.54, 1.807) is 121 Å². The number of carbonyl (C=O) groups excluding carboxylic acids is 6. The average molecular weight is 1530 g/mol. The third-order valence-corrected chi connectivity index (χ3v) is 16.3. The van der Waals surface area contributed by atoms with Gasteiger partial charge in [-0.15, -0.1) is 0 Å². The number of anilines is 6. The van der Waals surface area contributed by atoms with Gasteiger partial charge in [0.25, 0.3) is 35.4 Å². The fourth-order valence-corrected chi connectivity index (χ4v) is 10.8. The molecule has 0 spiro atoms. The molecule has 1 saturated heterocycles. The van der Waals surface area contributed by atoms with Crippen LogP contribution in [0.1, 0.15) is 78.8 Å². The number of oxime groups is 1. The Hall–Kier alpha value is -9.83. The topological polar surface area (TPSA) is 324 Å². The number of halogens is 7. The van der Waals surface area contributed by atoms with Crippen molar-refractivity contribution >= 4 is 177 Å². The van der Waals surface area contributed by atoms with E-state index < -0.39 is 29.5 Å². The summed E-state index contributed by atoms with van der Waals surface area (Å²) in [5.41, 5.74) is 10.2. The molecule has 0 aliphatic carbocycles. The lowest BCUT2D eigenvalue weighted by Gasteiger charge is -2.29. The lowest BCUT2D eigenvalue weighted by atomic mass is 10.1. The molecule has 6 amide bonds. The summed E-state index contributed by atoms with van der Waals surface area (Å²) in [4.78, 5) is 97.6. The maximum atomic E-state index is 12.9. The van der Waals surface area contributed by atoms with E-state index in [2.05, 4.69) is 93.8 Å². The highest BCUT2D eigenvalue weighted by atomic mass is 79.9. The first-order valence-electron chi connectivity index (χ1n) is 28.9. The van der Waals surface area contributed by atoms with Gasteiger partial charge in [-0.1, -0.05) is 131 Å². The Balaban J connectivity index is 0.000000171. The molecule has 1 fully saturated rings. The standard InChI is InChI=1S/C24H21BrClN5O3.C23H18Cl3N5O2.C20H15BrClN5O3/c25-17-5-7-20(19(13-17)24(33)30-21-8-6-18(26)14-28-21)29-23(32)16-3-1-15(2-4-16)22(27)31-9-11-34-12-10-31;1-31-9-8-27-21(31)13-2-4-14(5-3-13)22(32)30-20-17(10-16(25)11-18(20)26)23(33)29-19-7-6-15(24)12-28-19;21-13-5-7-16(15(9-13)20(29)26-17-8-6-14(22)10-24-17)25-19(28)12-3-1-11(2-4-12)18(23)27-30/h1-8,13-14,27H,9-12H2,(H,29,32)(H,28,30,33);2-7,10-12H,8-9H2,1H3,(H,30,32)(H,28,29,33);1-10,30H,(H2,23,27)(H,25,28)(H,24,26,29). The molecule has 3 aromatic heterocycles. The summed E-state index contributed by atoms with van der Waals surface area (Å²) in [6.07, 6.45) is 4.26. The quantitative estimate of drug-likeness (QED) is 0.0199. The average Bonchev–Trinajstić information content (AvgIpc) is 1.02. The fourth-order valence-electron chi connectivity index (χ4n) is 9.20. The number of hydrogen-bond acceptors (Lipinski definition) is 15. The molecule has 10 N–H and O–H groups in total. The number of pyridine rings is 3. The fraction of sp³-hybridized carbons (Fsp3) is 0.104. The highest BCUT2D eigenvalue weighted by Gasteiger charge is 2.23. The first kappa shape index (κ1) is 71.5. The van der Waals surface area contributed by atoms with Crippen molar-refractivity contribution in [2.24, 2.45) is 15.9 Å². The molecule has 0 radical (unpaired) electrons. The van der Waals surface area contributed by atoms with Crippen molar-refractivity contribution in [3.8, 4) is 0 Å². The van der Waals surface area contributed by atoms with Gasteiger partial charge in [-0.3, -0.25) is 39.2 Å². The summed E-state index contributed by atoms with van der Waals surface area (Å²) in [5.74, 6) is -0.483. The minimum atomic E-state index is -0.540. The first-order valence-corrected chi connectivity index (χ1v) is 32.3. The zero-order chi connectivity index (χ0) is 69.3. The second kappa shape index (κ2) is 33.7. The Morgan fingerprint density at radius 3 is 1.35 bits per heavy atom. The van der Waals surface area contributed by atoms with Crippen LogP contribution in [0.5, 0.6) is 0 Å². The smallest absolute Gasteiger partial charge is 0.259 e. The van der Waals surface area contributed by atoms with E-state index in [1.165, 1.54) is 42.9 Å². The van der Waals surface area contributed by atoms with Gasteiger partial charge in [0.15, 0.2) is 5.84 Å². The molecule has 2 aliphatic heterocycles. The summed E-state index contributed by atoms with van der Waals surface area (Å²) in [6.45, 7) is 4.14. The number of hydrogen-bond donors (Lipinski definition) is 9. The minimum absolute atomic E-state index is 0.0652. The summed E-state index contributed by atoms with van der Waals surface area (Å²) in [6, 6.07) is 42.3. The number of rotatable bonds is 15. The number of amides is 6. The van der Waals surface area contributed by atoms with Gasteiger partial charge in [0.05, 0.1) is 73.6 Å². The van der Waals surface area contributed by atoms with Crippen LogP contribution in [-0.4, -0.2) is 129 Å². The maximum absolute atomic E-state index is 12.9. The number of likely N-dealkylation sites (N-methyl/N-ethyl adjacent to an activating group) is 1. The largest absolute Gasteiger partial charge is 0.409 e. The molecule has 0 bridgehead atoms. The van der Waals surface area contributed by atoms with Crippen LogP contribution in [0.3, 0.4) is 0 Å². The number of carbonyl (C=O) groups is 6. The van der Waals surface area contributed by atoms with E-state index in [0.29, 0.717) is 101 Å². The second-order valence-electron chi connectivity index (χ2n) is 20.8. The second-order valence-corrected chi connectivity index (χ2v) is 24.8. The van der Waals surface area contributed by atoms with Crippen LogP contribution in [0.15, 0.2) is 195 Å². The Labute approximate surface area is 596 Å². The van der Waals surface area contributed by atoms with Crippen LogP contribution in [0.4, 0.5) is 34.5 Å². The van der Waals surface area contributed by atoms with E-state index in [1.807, 2.05) is 24.1 Å². The molecule has 30 heteroatoms. The molecule has 0 atom stereocenters. The number of morpholine rings is 1. The number of amidine groups is 3. The SMILES string of the molecule is CN1CCN=C1c1ccc(C(=O)Nc2c(Cl)cc(Cl)cc2C(=O)Nc2ccc(Cl)cn2)cc1.N=C(c1ccc(C(=O)Nc2ccc(Br)cc2C(=O)Nc2ccc(Cl)cn2)cc1)N1CCOCC1.NC(=NO)c1ccc(C(=O)Nc2ccc(Br)cc2C(=O)Nc2ccc(Cl)cn2)cc1. The molecule has 11 rings (SSSR count). The molecule has 0 saturated carbocycles. The van der Waals surface area contributed by atoms with Crippen molar-refractivity contribution in [1.82, 2.24) is 24.8 Å². The molecule has 23 nitrogen and oxygen atoms in total. The van der Waals surface area contributed by atoms with Crippen molar-refractivity contribution in [2.45, 2.75) is 0 Å². The Morgan fingerprint density at radius 1 is 0.505 bits per heavy atom. The predicted octanol–water partition coefficient (Wildman–Crippen LogP) is 14.0. The van der Waals surface area contributed by atoms with Gasteiger partial charge < -0.3 is 57.4 Å². The van der Waals surface area contributed by atoms with Gasteiger partial charge in [0, 0.05) is 92.6 Å². The van der Waals surface area contributed by atoms with Gasteiger partial charge in [-0.2, -0.15) is 0 Å². The number of aliphatic imine (C=N–C) groups is 1. The molecule has 5 heterocycles. The molecule has 494 valence electrons. The van der Waals surface area contributed by atoms with Crippen LogP contribution in [0.25, 0.3) is 0 Å². The molecule has 97 heavy (non-hydrogen) atoms. The summed E-state index contributed by atoms with van der Waals surface area (Å²) in [7, 11) is 1.97. The van der Waals surface area contributed by atoms with Crippen LogP contribution < -0.4 is 37.6 Å². The zero-order valence-corrected chi connectivity index (χ0v) is 57.6. The van der Waals surface area contributed by atoms with Crippen molar-refractivity contribution < 1.29 is 38.7 Å². The molecule has 2 aliphatic rings. The molecule has 0 unspecified atom stereocenters. The normalized spacial score (nSPS) is 12.5. The third kappa shape index (κ3) is 19.7. The number of nitrogens with two attached hydrogens (primary N) is 1. The van der Waals surface area contributed by atoms with E-state index >= 15 is 0 Å². The van der Waals surface area contributed by atoms with E-state index in [0.717, 1.165) is 30.1 Å². The van der Waals surface area contributed by atoms with Crippen molar-refractivity contribution in [3.05, 3.63) is 260 Å². The summed E-state index contributed by atoms with van der Waals surface area (Å²) in [5, 5.41) is 38.0. The molecule has 6 aromatic carbocycles. The van der Waals surface area contributed by atoms with E-state index in [-0.39, 0.29) is 50.0 Å². The van der Waals surface area contributed by atoms with E-state index in [4.69, 9.17) is 79.1 Å². The lowest BCUT2D eigenvalue weighted by Crippen LogP contribution is -2.40. The highest BCUT2D eigenvalue weighted by Crippen LogP contribution is 2.32. The van der Waals surface area contributed by atoms with Crippen molar-refractivity contribution in [1.29, 1.82) is 5.41 Å². The summed E-state index contributed by atoms with van der Waals surface area (Å²) < 4.78 is 6.68. The number of ether oxygens (including phenoxy) is 1. The minimum Gasteiger partial charge on any atom is -0.409 e. The predicted molar refractivity (Wildman–Crippen MR) is 385 cm³/mol. The number of benzene rings is 6. The monoisotopic (exact) mass is 1530 g/mol. The van der Waals surface area contributed by atoms with Gasteiger partial charge in [-0.05, 0) is 121 Å². The number of aromatic nitrogens is 3. The zero-order valence-electron chi connectivity index (χ0n) is 50.6. The Morgan fingerprint density at radius 2 is 0.928 bits per heavy atom. The van der Waals surface area contributed by atoms with Gasteiger partial charge in [-0.25, -0.2) is 15.0 Å². The maximum Gasteiger partial charge on any atom is 0.259 e. The number of nitrogens with zero attached hydrogens (tertiary/aromatic N) is 7. The van der Waals surface area contributed by atoms with Gasteiger partial charge in [0.1, 0.15) is 29.1 Å². The lowest BCUT2D eigenvalue weighted by molar-refractivity contribution is 0.0680. The Kier molecular flexibility index (Phi) is 24.8. The number of nitrogens with one attached hydrogen (secondary N) is 7. The molecule has 9 aromatic rings. The Bertz CT molecular complexity index is 4480. The molecular weight excluding hydrogens is 1480 g/mol. The van der Waals surface area contributed by atoms with Crippen LogP contribution in [-0.2, 0) is 4.74 Å². The summed E-state index contributed by atoms with van der Waals surface area (Å²) >= 11 is 36.6. The van der Waals surface area contributed by atoms with Gasteiger partial charge in [0.2, 0.25) is 0 Å². The van der Waals surface area contributed by atoms with Gasteiger partial charge >= 0.3 is 0 Å². The highest BCUT2D eigenvalue weighted by molar-refractivity contribution is 9.10. The van der Waals surface area contributed by atoms with Crippen LogP contribution >= 0.6 is 89.9 Å². The van der Waals surface area contributed by atoms with Crippen molar-refractivity contribution in [3.63, 3.8) is 0 Å².